The van der Waals surface area contributed by atoms with Crippen LogP contribution in [0.4, 0.5) is 0 Å². The van der Waals surface area contributed by atoms with Crippen molar-refractivity contribution in [1.82, 2.24) is 5.32 Å². The first-order chi connectivity index (χ1) is 15.1. The average molecular weight is 541 g/mol. The van der Waals surface area contributed by atoms with Crippen LogP contribution in [0.3, 0.4) is 0 Å². The summed E-state index contributed by atoms with van der Waals surface area (Å²) in [6.07, 6.45) is 0.409. The third-order valence-electron chi connectivity index (χ3n) is 5.31. The van der Waals surface area contributed by atoms with Crippen LogP contribution in [0.25, 0.3) is 0 Å². The number of amides is 1. The van der Waals surface area contributed by atoms with E-state index >= 15 is 0 Å². The van der Waals surface area contributed by atoms with Gasteiger partial charge in [0.1, 0.15) is 6.04 Å². The third kappa shape index (κ3) is 9.80. The summed E-state index contributed by atoms with van der Waals surface area (Å²) in [5, 5.41) is 12.2. The van der Waals surface area contributed by atoms with Gasteiger partial charge >= 0.3 is 5.97 Å². The van der Waals surface area contributed by atoms with Crippen LogP contribution < -0.4 is 11.1 Å². The van der Waals surface area contributed by atoms with Crippen molar-refractivity contribution in [3.05, 3.63) is 71.8 Å². The summed E-state index contributed by atoms with van der Waals surface area (Å²) in [7, 11) is -3.88. The Labute approximate surface area is 206 Å². The molecule has 0 saturated carbocycles. The molecule has 0 fully saturated rings. The van der Waals surface area contributed by atoms with Crippen LogP contribution in [0, 0.1) is 11.8 Å². The van der Waals surface area contributed by atoms with E-state index < -0.39 is 37.0 Å². The van der Waals surface area contributed by atoms with Gasteiger partial charge in [0.05, 0.1) is 5.78 Å². The zero-order chi connectivity index (χ0) is 23.7. The number of carbonyl (C=O) groups excluding carboxylic acids is 1. The summed E-state index contributed by atoms with van der Waals surface area (Å²) in [6.45, 7) is 3.82. The van der Waals surface area contributed by atoms with Gasteiger partial charge in [-0.1, -0.05) is 74.5 Å². The molecule has 0 spiro atoms. The topological polar surface area (TPSA) is 130 Å². The maximum Gasteiger partial charge on any atom is 0.326 e. The van der Waals surface area contributed by atoms with Crippen LogP contribution >= 0.6 is 24.4 Å². The van der Waals surface area contributed by atoms with Gasteiger partial charge in [-0.3, -0.25) is 9.36 Å². The van der Waals surface area contributed by atoms with Crippen molar-refractivity contribution in [2.24, 2.45) is 17.6 Å². The Balaban J connectivity index is 0.00000544. The van der Waals surface area contributed by atoms with Gasteiger partial charge in [-0.25, -0.2) is 4.79 Å². The molecule has 0 bridgehead atoms. The maximum atomic E-state index is 13.1. The van der Waals surface area contributed by atoms with Gasteiger partial charge in [0.25, 0.3) is 0 Å². The Bertz CT molecular complexity index is 927. The van der Waals surface area contributed by atoms with Crippen LogP contribution in [-0.2, 0) is 27.0 Å². The number of carboxylic acid groups (broad SMARTS) is 1. The molecule has 0 aliphatic carbocycles. The summed E-state index contributed by atoms with van der Waals surface area (Å²) >= 11 is 0. The number of aliphatic carboxylic acids is 1. The highest BCUT2D eigenvalue weighted by Crippen LogP contribution is 2.47. The fraction of sp³-hybridized carbons (Fsp3) is 0.417. The highest BCUT2D eigenvalue weighted by atomic mass is 79.9. The quantitative estimate of drug-likeness (QED) is 0.302. The molecule has 0 aromatic heterocycles. The highest BCUT2D eigenvalue weighted by molar-refractivity contribution is 8.93. The van der Waals surface area contributed by atoms with Crippen molar-refractivity contribution < 1.29 is 24.2 Å². The molecular formula is C24H34BrN2O5P. The van der Waals surface area contributed by atoms with Gasteiger partial charge in [-0.05, 0) is 29.9 Å². The number of halogens is 1. The average Bonchev–Trinajstić information content (AvgIpc) is 2.73. The minimum absolute atomic E-state index is 0. The maximum absolute atomic E-state index is 13.1. The standard InChI is InChI=1S/C24H33N2O5P.BrH/c1-17(2)13-20(16-32(30,31)22(25)15-19-11-7-4-8-12-19)23(27)26-21(24(28)29)14-18-9-5-3-6-10-18;/h3-12,17,20-22H,13-16,25H2,1-2H3,(H,26,27)(H,28,29)(H,30,31);1H. The zero-order valence-electron chi connectivity index (χ0n) is 19.0. The molecule has 9 heteroatoms. The van der Waals surface area contributed by atoms with E-state index in [0.717, 1.165) is 11.1 Å². The van der Waals surface area contributed by atoms with E-state index in [0.29, 0.717) is 6.42 Å². The summed E-state index contributed by atoms with van der Waals surface area (Å²) in [6, 6.07) is 17.1. The molecule has 4 atom stereocenters. The van der Waals surface area contributed by atoms with Gasteiger partial charge in [0.2, 0.25) is 13.3 Å². The molecule has 0 aliphatic heterocycles. The summed E-state index contributed by atoms with van der Waals surface area (Å²) in [4.78, 5) is 35.4. The highest BCUT2D eigenvalue weighted by Gasteiger charge is 2.35. The van der Waals surface area contributed by atoms with Crippen molar-refractivity contribution in [2.45, 2.75) is 44.9 Å². The molecule has 33 heavy (non-hydrogen) atoms. The molecule has 7 nitrogen and oxygen atoms in total. The Hall–Kier alpha value is -1.99. The molecule has 0 saturated heterocycles. The molecule has 5 N–H and O–H groups in total. The van der Waals surface area contributed by atoms with Gasteiger partial charge in [-0.2, -0.15) is 0 Å². The molecular weight excluding hydrogens is 507 g/mol. The second-order valence-electron chi connectivity index (χ2n) is 8.61. The van der Waals surface area contributed by atoms with Crippen molar-refractivity contribution in [2.75, 3.05) is 6.16 Å². The fourth-order valence-electron chi connectivity index (χ4n) is 3.62. The number of benzene rings is 2. The molecule has 1 amide bonds. The van der Waals surface area contributed by atoms with Gasteiger partial charge in [0.15, 0.2) is 0 Å². The van der Waals surface area contributed by atoms with Crippen LogP contribution in [-0.4, -0.2) is 39.9 Å². The SMILES string of the molecule is Br.CC(C)CC(CP(=O)(O)C(N)Cc1ccccc1)C(=O)NC(Cc1ccccc1)C(=O)O. The van der Waals surface area contributed by atoms with Gasteiger partial charge in [-0.15, -0.1) is 17.0 Å². The molecule has 182 valence electrons. The lowest BCUT2D eigenvalue weighted by Gasteiger charge is -2.26. The predicted molar refractivity (Wildman–Crippen MR) is 136 cm³/mol. The molecule has 0 heterocycles. The van der Waals surface area contributed by atoms with Crippen LogP contribution in [0.1, 0.15) is 31.4 Å². The molecule has 0 aliphatic rings. The Morgan fingerprint density at radius 1 is 0.970 bits per heavy atom. The Kier molecular flexibility index (Phi) is 12.0. The smallest absolute Gasteiger partial charge is 0.326 e. The molecule has 2 aromatic rings. The van der Waals surface area contributed by atoms with E-state index in [2.05, 4.69) is 5.32 Å². The third-order valence-corrected chi connectivity index (χ3v) is 7.49. The first-order valence-electron chi connectivity index (χ1n) is 10.8. The normalized spacial score (nSPS) is 15.5. The second-order valence-corrected chi connectivity index (χ2v) is 11.2. The number of carbonyl (C=O) groups is 2. The number of hydrogen-bond acceptors (Lipinski definition) is 4. The lowest BCUT2D eigenvalue weighted by molar-refractivity contribution is -0.142. The summed E-state index contributed by atoms with van der Waals surface area (Å²) in [5.41, 5.74) is 7.69. The van der Waals surface area contributed by atoms with Crippen molar-refractivity contribution >= 4 is 36.2 Å². The van der Waals surface area contributed by atoms with Gasteiger partial charge < -0.3 is 21.1 Å². The minimum atomic E-state index is -3.88. The lowest BCUT2D eigenvalue weighted by Crippen LogP contribution is -2.46. The van der Waals surface area contributed by atoms with Gasteiger partial charge in [0, 0.05) is 18.5 Å². The minimum Gasteiger partial charge on any atom is -0.480 e. The summed E-state index contributed by atoms with van der Waals surface area (Å²) in [5.74, 6) is -3.44. The molecule has 4 unspecified atom stereocenters. The van der Waals surface area contributed by atoms with Crippen LogP contribution in [0.2, 0.25) is 0 Å². The Morgan fingerprint density at radius 3 is 1.91 bits per heavy atom. The number of carboxylic acids is 1. The van der Waals surface area contributed by atoms with Crippen LogP contribution in [0.15, 0.2) is 60.7 Å². The number of nitrogens with two attached hydrogens (primary N) is 1. The number of nitrogens with one attached hydrogen (secondary N) is 1. The van der Waals surface area contributed by atoms with E-state index in [1.807, 2.05) is 50.2 Å². The summed E-state index contributed by atoms with van der Waals surface area (Å²) < 4.78 is 13.1. The van der Waals surface area contributed by atoms with E-state index in [4.69, 9.17) is 5.73 Å². The van der Waals surface area contributed by atoms with E-state index in [9.17, 15) is 24.2 Å². The first-order valence-corrected chi connectivity index (χ1v) is 12.7. The van der Waals surface area contributed by atoms with Crippen molar-refractivity contribution in [3.63, 3.8) is 0 Å². The predicted octanol–water partition coefficient (Wildman–Crippen LogP) is 3.84. The van der Waals surface area contributed by atoms with E-state index in [1.165, 1.54) is 0 Å². The Morgan fingerprint density at radius 2 is 1.45 bits per heavy atom. The van der Waals surface area contributed by atoms with E-state index in [-0.39, 0.29) is 41.9 Å². The molecule has 2 aromatic carbocycles. The fourth-order valence-corrected chi connectivity index (χ4v) is 5.34. The van der Waals surface area contributed by atoms with Crippen LogP contribution in [0.5, 0.6) is 0 Å². The second kappa shape index (κ2) is 13.7. The van der Waals surface area contributed by atoms with Crippen molar-refractivity contribution in [1.29, 1.82) is 0 Å². The number of hydrogen-bond donors (Lipinski definition) is 4. The monoisotopic (exact) mass is 540 g/mol. The molecule has 0 radical (unpaired) electrons. The van der Waals surface area contributed by atoms with Crippen molar-refractivity contribution in [3.8, 4) is 0 Å². The largest absolute Gasteiger partial charge is 0.480 e. The lowest BCUT2D eigenvalue weighted by atomic mass is 9.97. The molecule has 2 rings (SSSR count). The first kappa shape index (κ1) is 29.0. The van der Waals surface area contributed by atoms with E-state index in [1.54, 1.807) is 24.3 Å². The number of rotatable bonds is 12. The zero-order valence-corrected chi connectivity index (χ0v) is 21.6.